The first-order valence-electron chi connectivity index (χ1n) is 10.3. The van der Waals surface area contributed by atoms with Gasteiger partial charge in [0, 0.05) is 19.1 Å². The van der Waals surface area contributed by atoms with Gasteiger partial charge < -0.3 is 25.4 Å². The van der Waals surface area contributed by atoms with E-state index in [0.717, 1.165) is 6.42 Å². The molecule has 158 valence electrons. The highest BCUT2D eigenvalue weighted by atomic mass is 16.5. The molecule has 3 aliphatic rings. The van der Waals surface area contributed by atoms with E-state index in [2.05, 4.69) is 10.6 Å². The fourth-order valence-electron chi connectivity index (χ4n) is 5.51. The number of nitrogens with one attached hydrogen (secondary N) is 2. The van der Waals surface area contributed by atoms with Crippen molar-refractivity contribution < 1.29 is 24.2 Å². The van der Waals surface area contributed by atoms with Gasteiger partial charge in [-0.05, 0) is 39.5 Å². The Hall–Kier alpha value is -1.67. The molecule has 2 bridgehead atoms. The van der Waals surface area contributed by atoms with Crippen molar-refractivity contribution in [2.24, 2.45) is 17.8 Å². The molecule has 3 unspecified atom stereocenters. The van der Waals surface area contributed by atoms with Gasteiger partial charge in [0.15, 0.2) is 0 Å². The first-order valence-corrected chi connectivity index (χ1v) is 10.3. The highest BCUT2D eigenvalue weighted by molar-refractivity contribution is 5.99. The van der Waals surface area contributed by atoms with Crippen LogP contribution in [-0.4, -0.2) is 70.7 Å². The molecule has 0 aromatic rings. The Balaban J connectivity index is 2.05. The number of rotatable bonds is 7. The quantitative estimate of drug-likeness (QED) is 0.564. The van der Waals surface area contributed by atoms with Crippen molar-refractivity contribution in [3.63, 3.8) is 0 Å². The topological polar surface area (TPSA) is 108 Å². The fourth-order valence-corrected chi connectivity index (χ4v) is 5.51. The summed E-state index contributed by atoms with van der Waals surface area (Å²) in [7, 11) is 0. The molecule has 1 spiro atoms. The van der Waals surface area contributed by atoms with Crippen LogP contribution < -0.4 is 10.6 Å². The largest absolute Gasteiger partial charge is 0.395 e. The zero-order chi connectivity index (χ0) is 20.9. The Bertz CT molecular complexity index is 668. The number of aliphatic hydroxyl groups excluding tert-OH is 1. The van der Waals surface area contributed by atoms with Gasteiger partial charge in [0.05, 0.1) is 24.0 Å². The average Bonchev–Trinajstić information content (AvgIpc) is 3.10. The molecule has 0 aromatic heterocycles. The van der Waals surface area contributed by atoms with Crippen molar-refractivity contribution in [3.05, 3.63) is 0 Å². The maximum absolute atomic E-state index is 13.4. The minimum absolute atomic E-state index is 0.0253. The highest BCUT2D eigenvalue weighted by Gasteiger charge is 2.79. The van der Waals surface area contributed by atoms with Crippen molar-refractivity contribution in [2.45, 2.75) is 70.7 Å². The maximum Gasteiger partial charge on any atom is 0.246 e. The molecule has 3 rings (SSSR count). The smallest absolute Gasteiger partial charge is 0.246 e. The van der Waals surface area contributed by atoms with E-state index in [1.165, 1.54) is 4.90 Å². The Morgan fingerprint density at radius 1 is 1.36 bits per heavy atom. The molecule has 3 saturated heterocycles. The average molecular weight is 396 g/mol. The molecule has 3 N–H and O–H groups in total. The van der Waals surface area contributed by atoms with Crippen LogP contribution in [0.25, 0.3) is 0 Å². The molecule has 3 fully saturated rings. The van der Waals surface area contributed by atoms with Crippen LogP contribution in [0.1, 0.15) is 47.5 Å². The van der Waals surface area contributed by atoms with Gasteiger partial charge >= 0.3 is 0 Å². The monoisotopic (exact) mass is 395 g/mol. The van der Waals surface area contributed by atoms with Crippen molar-refractivity contribution >= 4 is 17.7 Å². The number of likely N-dealkylation sites (tertiary alicyclic amines) is 1. The number of β-amino-alcohol motifs (C(OH)–C–C–N with tert-alkyl or cyclic N) is 1. The van der Waals surface area contributed by atoms with Gasteiger partial charge in [0.25, 0.3) is 0 Å². The van der Waals surface area contributed by atoms with Crippen LogP contribution in [0.5, 0.6) is 0 Å². The molecule has 0 radical (unpaired) electrons. The lowest BCUT2D eigenvalue weighted by Crippen LogP contribution is -2.57. The SMILES string of the molecule is CCCNC(=O)[C@@H]1[C@H]2C(=O)N(CCO)C(C(=O)NC(C)C)C23CC(C)[C@@]1(C)O3. The summed E-state index contributed by atoms with van der Waals surface area (Å²) < 4.78 is 6.49. The Labute approximate surface area is 166 Å². The fraction of sp³-hybridized carbons (Fsp3) is 0.850. The summed E-state index contributed by atoms with van der Waals surface area (Å²) in [5, 5.41) is 15.3. The minimum Gasteiger partial charge on any atom is -0.395 e. The minimum atomic E-state index is -1.03. The predicted molar refractivity (Wildman–Crippen MR) is 102 cm³/mol. The van der Waals surface area contributed by atoms with Gasteiger partial charge in [0.1, 0.15) is 11.6 Å². The molecular weight excluding hydrogens is 362 g/mol. The summed E-state index contributed by atoms with van der Waals surface area (Å²) >= 11 is 0. The van der Waals surface area contributed by atoms with Gasteiger partial charge in [0.2, 0.25) is 17.7 Å². The van der Waals surface area contributed by atoms with E-state index in [4.69, 9.17) is 4.74 Å². The van der Waals surface area contributed by atoms with Crippen molar-refractivity contribution in [2.75, 3.05) is 19.7 Å². The van der Waals surface area contributed by atoms with Crippen LogP contribution in [-0.2, 0) is 19.1 Å². The van der Waals surface area contributed by atoms with Gasteiger partial charge in [-0.15, -0.1) is 0 Å². The van der Waals surface area contributed by atoms with Gasteiger partial charge in [-0.2, -0.15) is 0 Å². The molecule has 0 saturated carbocycles. The first-order chi connectivity index (χ1) is 13.1. The summed E-state index contributed by atoms with van der Waals surface area (Å²) in [6.45, 7) is 9.93. The third-order valence-electron chi connectivity index (χ3n) is 6.67. The molecule has 3 heterocycles. The zero-order valence-electron chi connectivity index (χ0n) is 17.4. The second-order valence-corrected chi connectivity index (χ2v) is 8.91. The molecule has 8 heteroatoms. The maximum atomic E-state index is 13.4. The van der Waals surface area contributed by atoms with E-state index < -0.39 is 29.1 Å². The number of nitrogens with zero attached hydrogens (tertiary/aromatic N) is 1. The number of ether oxygens (including phenoxy) is 1. The van der Waals surface area contributed by atoms with Gasteiger partial charge in [-0.3, -0.25) is 14.4 Å². The van der Waals surface area contributed by atoms with Crippen molar-refractivity contribution in [1.29, 1.82) is 0 Å². The third-order valence-corrected chi connectivity index (χ3v) is 6.67. The van der Waals surface area contributed by atoms with E-state index in [1.54, 1.807) is 0 Å². The summed E-state index contributed by atoms with van der Waals surface area (Å²) in [4.78, 5) is 40.9. The molecule has 3 amide bonds. The number of carbonyl (C=O) groups is 3. The van der Waals surface area contributed by atoms with Crippen LogP contribution in [0.4, 0.5) is 0 Å². The Kier molecular flexibility index (Phi) is 5.49. The number of hydrogen-bond donors (Lipinski definition) is 3. The zero-order valence-corrected chi connectivity index (χ0v) is 17.4. The van der Waals surface area contributed by atoms with E-state index in [-0.39, 0.29) is 42.8 Å². The van der Waals surface area contributed by atoms with E-state index >= 15 is 0 Å². The summed E-state index contributed by atoms with van der Waals surface area (Å²) in [5.74, 6) is -2.08. The summed E-state index contributed by atoms with van der Waals surface area (Å²) in [5.41, 5.74) is -1.83. The lowest BCUT2D eigenvalue weighted by molar-refractivity contribution is -0.148. The van der Waals surface area contributed by atoms with E-state index in [1.807, 2.05) is 34.6 Å². The standard InChI is InChI=1S/C20H33N3O5/c1-6-7-21-16(25)13-14-18(27)23(8-9-24)15(17(26)22-11(2)3)20(14)10-12(4)19(13,5)28-20/h11-15,24H,6-10H2,1-5H3,(H,21,25)(H,22,26)/t12?,13-,14-,15?,19+,20?/m0/s1. The molecule has 0 aliphatic carbocycles. The second-order valence-electron chi connectivity index (χ2n) is 8.91. The van der Waals surface area contributed by atoms with Crippen molar-refractivity contribution in [1.82, 2.24) is 15.5 Å². The summed E-state index contributed by atoms with van der Waals surface area (Å²) in [6, 6.07) is -0.933. The number of fused-ring (bicyclic) bond motifs is 1. The summed E-state index contributed by atoms with van der Waals surface area (Å²) in [6.07, 6.45) is 1.33. The third kappa shape index (κ3) is 2.84. The lowest BCUT2D eigenvalue weighted by atomic mass is 9.62. The lowest BCUT2D eigenvalue weighted by Gasteiger charge is -2.36. The molecule has 6 atom stereocenters. The van der Waals surface area contributed by atoms with Crippen LogP contribution >= 0.6 is 0 Å². The molecular formula is C20H33N3O5. The van der Waals surface area contributed by atoms with Gasteiger partial charge in [-0.1, -0.05) is 13.8 Å². The number of carbonyl (C=O) groups excluding carboxylic acids is 3. The number of aliphatic hydroxyl groups is 1. The van der Waals surface area contributed by atoms with Gasteiger partial charge in [-0.25, -0.2) is 0 Å². The first kappa shape index (κ1) is 21.0. The predicted octanol–water partition coefficient (Wildman–Crippen LogP) is 0.0402. The van der Waals surface area contributed by atoms with Crippen LogP contribution in [0.15, 0.2) is 0 Å². The van der Waals surface area contributed by atoms with E-state index in [0.29, 0.717) is 13.0 Å². The van der Waals surface area contributed by atoms with E-state index in [9.17, 15) is 19.5 Å². The van der Waals surface area contributed by atoms with Crippen molar-refractivity contribution in [3.8, 4) is 0 Å². The molecule has 0 aromatic carbocycles. The molecule has 3 aliphatic heterocycles. The normalized spacial score (nSPS) is 38.8. The number of hydrogen-bond acceptors (Lipinski definition) is 5. The molecule has 8 nitrogen and oxygen atoms in total. The Morgan fingerprint density at radius 2 is 2.04 bits per heavy atom. The molecule has 28 heavy (non-hydrogen) atoms. The van der Waals surface area contributed by atoms with Crippen LogP contribution in [0.3, 0.4) is 0 Å². The highest BCUT2D eigenvalue weighted by Crippen LogP contribution is 2.65. The Morgan fingerprint density at radius 3 is 2.61 bits per heavy atom. The second kappa shape index (κ2) is 7.30. The van der Waals surface area contributed by atoms with Crippen LogP contribution in [0, 0.1) is 17.8 Å². The number of amides is 3. The van der Waals surface area contributed by atoms with Crippen LogP contribution in [0.2, 0.25) is 0 Å².